The van der Waals surface area contributed by atoms with Crippen LogP contribution in [0.4, 0.5) is 0 Å². The van der Waals surface area contributed by atoms with Crippen LogP contribution in [-0.2, 0) is 17.6 Å². The van der Waals surface area contributed by atoms with Gasteiger partial charge in [0.15, 0.2) is 5.96 Å². The molecule has 4 atom stereocenters. The maximum absolute atomic E-state index is 13.8. The van der Waals surface area contributed by atoms with Crippen LogP contribution in [0.2, 0.25) is 10.0 Å². The monoisotopic (exact) mass is 582 g/mol. The minimum Gasteiger partial charge on any atom is -0.370 e. The zero-order valence-electron chi connectivity index (χ0n) is 23.3. The molecule has 0 bridgehead atoms. The van der Waals surface area contributed by atoms with Crippen molar-refractivity contribution in [3.8, 4) is 0 Å². The molecule has 0 spiro atoms. The third-order valence-corrected chi connectivity index (χ3v) is 8.66. The second kappa shape index (κ2) is 13.7. The molecule has 4 rings (SSSR count). The highest BCUT2D eigenvalue weighted by Crippen LogP contribution is 2.28. The number of rotatable bonds is 10. The van der Waals surface area contributed by atoms with Gasteiger partial charge >= 0.3 is 0 Å². The van der Waals surface area contributed by atoms with Gasteiger partial charge in [-0.2, -0.15) is 0 Å². The van der Waals surface area contributed by atoms with Crippen molar-refractivity contribution in [1.82, 2.24) is 9.80 Å². The Kier molecular flexibility index (Phi) is 10.3. The van der Waals surface area contributed by atoms with E-state index in [0.29, 0.717) is 23.0 Å². The molecule has 1 aliphatic rings. The highest BCUT2D eigenvalue weighted by atomic mass is 35.5. The van der Waals surface area contributed by atoms with Crippen molar-refractivity contribution >= 4 is 45.8 Å². The third-order valence-electron chi connectivity index (χ3n) is 8.07. The quantitative estimate of drug-likeness (QED) is 0.183. The molecule has 9 heteroatoms. The fraction of sp³-hybridized carbons (Fsp3) is 0.419. The summed E-state index contributed by atoms with van der Waals surface area (Å²) >= 11 is 12.4. The Morgan fingerprint density at radius 3 is 2.50 bits per heavy atom. The Hall–Kier alpha value is -2.84. The van der Waals surface area contributed by atoms with Gasteiger partial charge in [-0.1, -0.05) is 71.7 Å². The normalized spacial score (nSPS) is 20.4. The zero-order chi connectivity index (χ0) is 28.8. The van der Waals surface area contributed by atoms with Crippen molar-refractivity contribution in [1.29, 1.82) is 0 Å². The van der Waals surface area contributed by atoms with E-state index in [0.717, 1.165) is 37.9 Å². The van der Waals surface area contributed by atoms with Gasteiger partial charge in [0.2, 0.25) is 5.91 Å². The number of amides is 1. The molecule has 0 unspecified atom stereocenters. The van der Waals surface area contributed by atoms with Crippen LogP contribution in [0.25, 0.3) is 10.8 Å². The first kappa shape index (κ1) is 30.1. The summed E-state index contributed by atoms with van der Waals surface area (Å²) in [5, 5.41) is 3.57. The lowest BCUT2D eigenvalue weighted by Gasteiger charge is -2.50. The molecule has 1 aliphatic heterocycles. The number of fused-ring (bicyclic) bond motifs is 1. The van der Waals surface area contributed by atoms with Crippen LogP contribution >= 0.6 is 23.2 Å². The molecule has 0 aliphatic carbocycles. The van der Waals surface area contributed by atoms with Gasteiger partial charge in [-0.05, 0) is 73.6 Å². The van der Waals surface area contributed by atoms with E-state index in [9.17, 15) is 4.79 Å². The van der Waals surface area contributed by atoms with Crippen LogP contribution < -0.4 is 17.2 Å². The van der Waals surface area contributed by atoms with Gasteiger partial charge in [0.05, 0.1) is 6.04 Å². The van der Waals surface area contributed by atoms with Crippen molar-refractivity contribution in [2.45, 2.75) is 63.7 Å². The van der Waals surface area contributed by atoms with E-state index in [-0.39, 0.29) is 30.0 Å². The number of nitrogens with zero attached hydrogens (tertiary/aromatic N) is 3. The minimum atomic E-state index is -0.710. The van der Waals surface area contributed by atoms with Crippen molar-refractivity contribution in [2.24, 2.45) is 22.2 Å². The van der Waals surface area contributed by atoms with Crippen LogP contribution in [0.3, 0.4) is 0 Å². The summed E-state index contributed by atoms with van der Waals surface area (Å²) in [6.45, 7) is 6.51. The van der Waals surface area contributed by atoms with Crippen molar-refractivity contribution < 1.29 is 4.79 Å². The van der Waals surface area contributed by atoms with E-state index in [1.165, 1.54) is 16.3 Å². The predicted molar refractivity (Wildman–Crippen MR) is 167 cm³/mol. The molecule has 3 aromatic carbocycles. The maximum Gasteiger partial charge on any atom is 0.240 e. The average molecular weight is 584 g/mol. The summed E-state index contributed by atoms with van der Waals surface area (Å²) in [5.74, 6) is 0.0174. The van der Waals surface area contributed by atoms with Crippen LogP contribution in [0.1, 0.15) is 37.8 Å². The van der Waals surface area contributed by atoms with E-state index < -0.39 is 6.04 Å². The van der Waals surface area contributed by atoms with E-state index in [1.807, 2.05) is 11.0 Å². The van der Waals surface area contributed by atoms with Crippen LogP contribution in [0, 0.1) is 0 Å². The van der Waals surface area contributed by atoms with Crippen LogP contribution in [-0.4, -0.2) is 65.5 Å². The molecule has 0 radical (unpaired) electrons. The molecule has 7 nitrogen and oxygen atoms in total. The predicted octanol–water partition coefficient (Wildman–Crippen LogP) is 4.60. The smallest absolute Gasteiger partial charge is 0.240 e. The van der Waals surface area contributed by atoms with E-state index >= 15 is 0 Å². The van der Waals surface area contributed by atoms with Gasteiger partial charge in [-0.25, -0.2) is 0 Å². The highest BCUT2D eigenvalue weighted by Gasteiger charge is 2.40. The Balaban J connectivity index is 1.48. The number of halogens is 2. The zero-order valence-corrected chi connectivity index (χ0v) is 24.8. The molecular formula is C31H40Cl2N6O. The van der Waals surface area contributed by atoms with Gasteiger partial charge in [-0.3, -0.25) is 14.7 Å². The fourth-order valence-corrected chi connectivity index (χ4v) is 6.19. The number of guanidine groups is 1. The SMILES string of the molecule is C[C@@H]1[C@@H](C)N(C(=O)[C@H](N)Cc2ccc(Cl)cc2Cl)[C@@H](CCCN=C(N)N)CN1CCc1ccc2ccccc2c1. The van der Waals surface area contributed by atoms with E-state index in [4.69, 9.17) is 40.4 Å². The third kappa shape index (κ3) is 7.46. The summed E-state index contributed by atoms with van der Waals surface area (Å²) in [6.07, 6.45) is 2.83. The van der Waals surface area contributed by atoms with E-state index in [2.05, 4.69) is 66.2 Å². The van der Waals surface area contributed by atoms with Gasteiger partial charge in [-0.15, -0.1) is 0 Å². The fourth-order valence-electron chi connectivity index (χ4n) is 5.71. The molecule has 3 aromatic rings. The number of piperazine rings is 1. The van der Waals surface area contributed by atoms with Crippen molar-refractivity contribution in [3.05, 3.63) is 81.8 Å². The Morgan fingerprint density at radius 2 is 1.77 bits per heavy atom. The second-order valence-electron chi connectivity index (χ2n) is 10.8. The van der Waals surface area contributed by atoms with Crippen LogP contribution in [0.5, 0.6) is 0 Å². The number of benzene rings is 3. The number of carbonyl (C=O) groups excluding carboxylic acids is 1. The Morgan fingerprint density at radius 1 is 1.02 bits per heavy atom. The molecule has 1 heterocycles. The highest BCUT2D eigenvalue weighted by molar-refractivity contribution is 6.35. The lowest BCUT2D eigenvalue weighted by molar-refractivity contribution is -0.144. The van der Waals surface area contributed by atoms with E-state index in [1.54, 1.807) is 12.1 Å². The summed E-state index contributed by atoms with van der Waals surface area (Å²) in [6, 6.07) is 19.8. The van der Waals surface area contributed by atoms with Crippen molar-refractivity contribution in [2.75, 3.05) is 19.6 Å². The topological polar surface area (TPSA) is 114 Å². The molecular weight excluding hydrogens is 543 g/mol. The first-order valence-electron chi connectivity index (χ1n) is 13.9. The maximum atomic E-state index is 13.8. The minimum absolute atomic E-state index is 0.00348. The molecule has 1 amide bonds. The number of aliphatic imine (C=N–C) groups is 1. The molecule has 6 N–H and O–H groups in total. The number of hydrogen-bond acceptors (Lipinski definition) is 4. The lowest BCUT2D eigenvalue weighted by Crippen LogP contribution is -2.66. The second-order valence-corrected chi connectivity index (χ2v) is 11.6. The first-order valence-corrected chi connectivity index (χ1v) is 14.7. The molecule has 0 saturated carbocycles. The molecule has 0 aromatic heterocycles. The van der Waals surface area contributed by atoms with Crippen molar-refractivity contribution in [3.63, 3.8) is 0 Å². The first-order chi connectivity index (χ1) is 19.1. The molecule has 40 heavy (non-hydrogen) atoms. The molecule has 1 saturated heterocycles. The van der Waals surface area contributed by atoms with Gasteiger partial charge < -0.3 is 22.1 Å². The number of nitrogens with two attached hydrogens (primary N) is 3. The average Bonchev–Trinajstić information content (AvgIpc) is 2.93. The van der Waals surface area contributed by atoms with Gasteiger partial charge in [0.25, 0.3) is 0 Å². The summed E-state index contributed by atoms with van der Waals surface area (Å²) < 4.78 is 0. The Bertz CT molecular complexity index is 1340. The number of carbonyl (C=O) groups is 1. The molecule has 1 fully saturated rings. The number of hydrogen-bond donors (Lipinski definition) is 3. The molecule has 214 valence electrons. The summed E-state index contributed by atoms with van der Waals surface area (Å²) in [7, 11) is 0. The Labute approximate surface area is 247 Å². The van der Waals surface area contributed by atoms with Gasteiger partial charge in [0.1, 0.15) is 0 Å². The summed E-state index contributed by atoms with van der Waals surface area (Å²) in [4.78, 5) is 22.5. The largest absolute Gasteiger partial charge is 0.370 e. The lowest BCUT2D eigenvalue weighted by atomic mass is 9.94. The van der Waals surface area contributed by atoms with Crippen LogP contribution in [0.15, 0.2) is 65.7 Å². The standard InChI is InChI=1S/C31H40Cl2N6O/c1-20-21(2)39(30(40)29(34)17-25-11-12-26(32)18-28(25)33)27(8-5-14-37-31(35)36)19-38(20)15-13-22-9-10-23-6-3-4-7-24(23)16-22/h3-4,6-7,9-12,16,18,20-21,27,29H,5,8,13-15,17,19,34H2,1-2H3,(H4,35,36,37)/t20-,21-,27+,29-/m1/s1. The summed E-state index contributed by atoms with van der Waals surface area (Å²) in [5.41, 5.74) is 19.7. The van der Waals surface area contributed by atoms with Gasteiger partial charge in [0, 0.05) is 47.8 Å².